The van der Waals surface area contributed by atoms with Gasteiger partial charge in [-0.2, -0.15) is 0 Å². The molecule has 0 aliphatic carbocycles. The number of rotatable bonds is 1. The van der Waals surface area contributed by atoms with Gasteiger partial charge in [-0.05, 0) is 0 Å². The smallest absolute Gasteiger partial charge is 0.231 e. The van der Waals surface area contributed by atoms with Gasteiger partial charge in [0.15, 0.2) is 0 Å². The monoisotopic (exact) mass is 125 g/mol. The summed E-state index contributed by atoms with van der Waals surface area (Å²) < 4.78 is 0. The van der Waals surface area contributed by atoms with Crippen molar-refractivity contribution in [2.75, 3.05) is 6.67 Å². The maximum atomic E-state index is 10.4. The molecule has 0 unspecified atom stereocenters. The standard InChI is InChI=1S/C5H7N3O/c6-5(9)4-1-7-3-8-2-4/h1-2,4H,3H2,(H2,6,9). The highest BCUT2D eigenvalue weighted by atomic mass is 16.1. The molecule has 0 radical (unpaired) electrons. The van der Waals surface area contributed by atoms with E-state index in [0.29, 0.717) is 6.67 Å². The summed E-state index contributed by atoms with van der Waals surface area (Å²) in [5.74, 6) is -0.791. The summed E-state index contributed by atoms with van der Waals surface area (Å²) in [4.78, 5) is 17.9. The molecular formula is C5H7N3O. The second-order valence-corrected chi connectivity index (χ2v) is 1.73. The first-order chi connectivity index (χ1) is 4.30. The molecule has 48 valence electrons. The second-order valence-electron chi connectivity index (χ2n) is 1.73. The third-order valence-electron chi connectivity index (χ3n) is 1.02. The number of carbonyl (C=O) groups is 1. The quantitative estimate of drug-likeness (QED) is 0.489. The van der Waals surface area contributed by atoms with Crippen molar-refractivity contribution in [1.29, 1.82) is 0 Å². The van der Waals surface area contributed by atoms with Gasteiger partial charge in [0, 0.05) is 12.4 Å². The highest BCUT2D eigenvalue weighted by Crippen LogP contribution is 1.92. The molecular weight excluding hydrogens is 118 g/mol. The van der Waals surface area contributed by atoms with Crippen molar-refractivity contribution < 1.29 is 4.79 Å². The number of nitrogens with two attached hydrogens (primary N) is 1. The normalized spacial score (nSPS) is 18.2. The molecule has 4 nitrogen and oxygen atoms in total. The number of nitrogens with zero attached hydrogens (tertiary/aromatic N) is 2. The number of carbonyl (C=O) groups excluding carboxylic acids is 1. The average Bonchev–Trinajstić information content (AvgIpc) is 1.90. The van der Waals surface area contributed by atoms with Gasteiger partial charge in [0.05, 0.1) is 0 Å². The summed E-state index contributed by atoms with van der Waals surface area (Å²) in [6, 6.07) is 0. The van der Waals surface area contributed by atoms with Crippen LogP contribution in [0.5, 0.6) is 0 Å². The molecule has 0 aromatic rings. The molecule has 9 heavy (non-hydrogen) atoms. The minimum atomic E-state index is -0.401. The zero-order valence-corrected chi connectivity index (χ0v) is 4.82. The van der Waals surface area contributed by atoms with Crippen molar-refractivity contribution in [3.63, 3.8) is 0 Å². The van der Waals surface area contributed by atoms with Gasteiger partial charge < -0.3 is 5.73 Å². The summed E-state index contributed by atoms with van der Waals surface area (Å²) >= 11 is 0. The third kappa shape index (κ3) is 1.35. The van der Waals surface area contributed by atoms with Gasteiger partial charge in [-0.25, -0.2) is 0 Å². The van der Waals surface area contributed by atoms with Crippen molar-refractivity contribution in [2.45, 2.75) is 0 Å². The zero-order valence-electron chi connectivity index (χ0n) is 4.82. The molecule has 0 aromatic heterocycles. The Bertz CT molecular complexity index is 161. The molecule has 4 heteroatoms. The predicted octanol–water partition coefficient (Wildman–Crippen LogP) is -0.799. The number of hydrogen-bond acceptors (Lipinski definition) is 3. The molecule has 0 atom stereocenters. The first-order valence-corrected chi connectivity index (χ1v) is 2.60. The van der Waals surface area contributed by atoms with Crippen LogP contribution in [0.1, 0.15) is 0 Å². The van der Waals surface area contributed by atoms with E-state index in [-0.39, 0.29) is 0 Å². The van der Waals surface area contributed by atoms with Crippen molar-refractivity contribution in [3.05, 3.63) is 0 Å². The Morgan fingerprint density at radius 1 is 1.56 bits per heavy atom. The van der Waals surface area contributed by atoms with Crippen LogP contribution in [0, 0.1) is 5.92 Å². The predicted molar refractivity (Wildman–Crippen MR) is 34.5 cm³/mol. The lowest BCUT2D eigenvalue weighted by atomic mass is 10.2. The number of aliphatic imine (C=N–C) groups is 2. The summed E-state index contributed by atoms with van der Waals surface area (Å²) in [5, 5.41) is 0. The van der Waals surface area contributed by atoms with E-state index in [2.05, 4.69) is 9.98 Å². The largest absolute Gasteiger partial charge is 0.369 e. The topological polar surface area (TPSA) is 67.8 Å². The maximum absolute atomic E-state index is 10.4. The summed E-state index contributed by atoms with van der Waals surface area (Å²) in [6.07, 6.45) is 3.02. The van der Waals surface area contributed by atoms with Gasteiger partial charge in [-0.1, -0.05) is 0 Å². The fourth-order valence-corrected chi connectivity index (χ4v) is 0.554. The molecule has 1 rings (SSSR count). The minimum Gasteiger partial charge on any atom is -0.369 e. The van der Waals surface area contributed by atoms with E-state index in [1.165, 1.54) is 12.4 Å². The van der Waals surface area contributed by atoms with E-state index in [1.54, 1.807) is 0 Å². The van der Waals surface area contributed by atoms with Crippen molar-refractivity contribution in [3.8, 4) is 0 Å². The summed E-state index contributed by atoms with van der Waals surface area (Å²) in [7, 11) is 0. The maximum Gasteiger partial charge on any atom is 0.231 e. The summed E-state index contributed by atoms with van der Waals surface area (Å²) in [5.41, 5.74) is 4.95. The average molecular weight is 125 g/mol. The van der Waals surface area contributed by atoms with Crippen LogP contribution in [-0.2, 0) is 4.79 Å². The molecule has 2 N–H and O–H groups in total. The van der Waals surface area contributed by atoms with Crippen molar-refractivity contribution in [2.24, 2.45) is 21.6 Å². The lowest BCUT2D eigenvalue weighted by Gasteiger charge is -2.02. The Kier molecular flexibility index (Phi) is 1.58. The van der Waals surface area contributed by atoms with Gasteiger partial charge >= 0.3 is 0 Å². The van der Waals surface area contributed by atoms with Crippen LogP contribution in [0.15, 0.2) is 9.98 Å². The second kappa shape index (κ2) is 2.39. The zero-order chi connectivity index (χ0) is 6.69. The van der Waals surface area contributed by atoms with E-state index in [4.69, 9.17) is 5.73 Å². The Morgan fingerprint density at radius 3 is 2.44 bits per heavy atom. The summed E-state index contributed by atoms with van der Waals surface area (Å²) in [6.45, 7) is 0.420. The van der Waals surface area contributed by atoms with Crippen LogP contribution in [0.2, 0.25) is 0 Å². The molecule has 0 saturated heterocycles. The lowest BCUT2D eigenvalue weighted by molar-refractivity contribution is -0.118. The van der Waals surface area contributed by atoms with Gasteiger partial charge in [-0.15, -0.1) is 0 Å². The molecule has 0 fully saturated rings. The molecule has 1 heterocycles. The van der Waals surface area contributed by atoms with Crippen LogP contribution in [0.4, 0.5) is 0 Å². The van der Waals surface area contributed by atoms with Crippen LogP contribution < -0.4 is 5.73 Å². The van der Waals surface area contributed by atoms with Crippen molar-refractivity contribution in [1.82, 2.24) is 0 Å². The first kappa shape index (κ1) is 5.94. The Balaban J connectivity index is 2.60. The minimum absolute atomic E-state index is 0.390. The fraction of sp³-hybridized carbons (Fsp3) is 0.400. The molecule has 0 saturated carbocycles. The van der Waals surface area contributed by atoms with E-state index >= 15 is 0 Å². The molecule has 1 aliphatic heterocycles. The molecule has 0 aromatic carbocycles. The van der Waals surface area contributed by atoms with Crippen molar-refractivity contribution >= 4 is 18.3 Å². The van der Waals surface area contributed by atoms with E-state index in [0.717, 1.165) is 0 Å². The van der Waals surface area contributed by atoms with Crippen LogP contribution >= 0.6 is 0 Å². The lowest BCUT2D eigenvalue weighted by Crippen LogP contribution is -2.26. The number of hydrogen-bond donors (Lipinski definition) is 1. The van der Waals surface area contributed by atoms with Gasteiger partial charge in [0.25, 0.3) is 0 Å². The first-order valence-electron chi connectivity index (χ1n) is 2.60. The molecule has 1 amide bonds. The number of amides is 1. The fourth-order valence-electron chi connectivity index (χ4n) is 0.554. The van der Waals surface area contributed by atoms with Crippen LogP contribution in [-0.4, -0.2) is 25.0 Å². The Hall–Kier alpha value is -1.19. The van der Waals surface area contributed by atoms with E-state index in [1.807, 2.05) is 0 Å². The number of primary amides is 1. The van der Waals surface area contributed by atoms with Gasteiger partial charge in [0.2, 0.25) is 5.91 Å². The molecule has 1 aliphatic rings. The Morgan fingerprint density at radius 2 is 2.11 bits per heavy atom. The van der Waals surface area contributed by atoms with Gasteiger partial charge in [0.1, 0.15) is 12.6 Å². The van der Waals surface area contributed by atoms with E-state index < -0.39 is 11.8 Å². The van der Waals surface area contributed by atoms with Crippen LogP contribution in [0.25, 0.3) is 0 Å². The third-order valence-corrected chi connectivity index (χ3v) is 1.02. The molecule has 0 bridgehead atoms. The van der Waals surface area contributed by atoms with Gasteiger partial charge in [-0.3, -0.25) is 14.8 Å². The van der Waals surface area contributed by atoms with Crippen LogP contribution in [0.3, 0.4) is 0 Å². The van der Waals surface area contributed by atoms with E-state index in [9.17, 15) is 4.79 Å². The highest BCUT2D eigenvalue weighted by Gasteiger charge is 2.09. The molecule has 0 spiro atoms. The Labute approximate surface area is 52.5 Å². The highest BCUT2D eigenvalue weighted by molar-refractivity contribution is 6.07. The SMILES string of the molecule is NC(=O)C1C=NCN=C1.